The summed E-state index contributed by atoms with van der Waals surface area (Å²) in [5.74, 6) is 0.249. The minimum atomic E-state index is -0.368. The van der Waals surface area contributed by atoms with Gasteiger partial charge in [-0.1, -0.05) is 50.6 Å². The van der Waals surface area contributed by atoms with E-state index in [0.717, 1.165) is 36.2 Å². The van der Waals surface area contributed by atoms with Crippen molar-refractivity contribution in [2.24, 2.45) is 0 Å². The van der Waals surface area contributed by atoms with Crippen molar-refractivity contribution < 1.29 is 9.59 Å². The Hall–Kier alpha value is -2.88. The molecule has 1 atom stereocenters. The molecule has 2 aromatic rings. The Kier molecular flexibility index (Phi) is 6.24. The van der Waals surface area contributed by atoms with Crippen LogP contribution in [0.2, 0.25) is 0 Å². The molecule has 0 spiro atoms. The minimum absolute atomic E-state index is 0.0457. The van der Waals surface area contributed by atoms with E-state index in [-0.39, 0.29) is 28.3 Å². The summed E-state index contributed by atoms with van der Waals surface area (Å²) in [7, 11) is 0. The number of carbonyl (C=O) groups is 2. The molecule has 4 heteroatoms. The standard InChI is InChI=1S/C31H40N2O2/c1-9-10-15-28(35)33-27-14-12-11-13-25(27)31(8,20-30(33,6)7)23-16-17-26-24(18-23)21(2)19-29(4,5)32(26)22(3)34/h11-14,16-19H,9-10,15,20H2,1-8H3/t31-/m0/s1. The van der Waals surface area contributed by atoms with Crippen LogP contribution in [0.1, 0.15) is 97.8 Å². The lowest BCUT2D eigenvalue weighted by molar-refractivity contribution is -0.120. The zero-order valence-electron chi connectivity index (χ0n) is 22.7. The molecule has 0 radical (unpaired) electrons. The van der Waals surface area contributed by atoms with Crippen LogP contribution in [-0.2, 0) is 15.0 Å². The van der Waals surface area contributed by atoms with Crippen LogP contribution in [0, 0.1) is 0 Å². The molecule has 0 aliphatic carbocycles. The number of hydrogen-bond donors (Lipinski definition) is 0. The quantitative estimate of drug-likeness (QED) is 0.470. The van der Waals surface area contributed by atoms with Crippen LogP contribution in [0.15, 0.2) is 48.5 Å². The van der Waals surface area contributed by atoms with Crippen molar-refractivity contribution in [1.29, 1.82) is 0 Å². The molecule has 35 heavy (non-hydrogen) atoms. The molecular weight excluding hydrogens is 432 g/mol. The van der Waals surface area contributed by atoms with Gasteiger partial charge in [-0.2, -0.15) is 0 Å². The zero-order valence-corrected chi connectivity index (χ0v) is 22.7. The number of amides is 2. The fraction of sp³-hybridized carbons (Fsp3) is 0.484. The van der Waals surface area contributed by atoms with Crippen molar-refractivity contribution >= 4 is 28.8 Å². The highest BCUT2D eigenvalue weighted by atomic mass is 16.2. The van der Waals surface area contributed by atoms with Gasteiger partial charge in [-0.25, -0.2) is 0 Å². The molecule has 186 valence electrons. The van der Waals surface area contributed by atoms with Crippen molar-refractivity contribution in [3.05, 3.63) is 65.2 Å². The molecule has 0 saturated carbocycles. The van der Waals surface area contributed by atoms with Crippen LogP contribution >= 0.6 is 0 Å². The Morgan fingerprint density at radius 2 is 1.63 bits per heavy atom. The van der Waals surface area contributed by atoms with Crippen molar-refractivity contribution in [1.82, 2.24) is 0 Å². The van der Waals surface area contributed by atoms with Crippen LogP contribution in [0.3, 0.4) is 0 Å². The number of allylic oxidation sites excluding steroid dienone is 1. The predicted molar refractivity (Wildman–Crippen MR) is 146 cm³/mol. The van der Waals surface area contributed by atoms with Gasteiger partial charge in [0, 0.05) is 35.5 Å². The molecule has 2 amide bonds. The summed E-state index contributed by atoms with van der Waals surface area (Å²) < 4.78 is 0. The maximum Gasteiger partial charge on any atom is 0.227 e. The van der Waals surface area contributed by atoms with Crippen LogP contribution in [-0.4, -0.2) is 22.9 Å². The summed E-state index contributed by atoms with van der Waals surface area (Å²) in [6.07, 6.45) is 5.50. The Balaban J connectivity index is 1.87. The third kappa shape index (κ3) is 4.11. The average molecular weight is 473 g/mol. The molecule has 2 heterocycles. The van der Waals surface area contributed by atoms with E-state index in [1.165, 1.54) is 16.7 Å². The lowest BCUT2D eigenvalue weighted by Gasteiger charge is -2.51. The van der Waals surface area contributed by atoms with Crippen LogP contribution in [0.25, 0.3) is 5.57 Å². The van der Waals surface area contributed by atoms with Gasteiger partial charge in [-0.15, -0.1) is 0 Å². The van der Waals surface area contributed by atoms with Gasteiger partial charge in [0.25, 0.3) is 0 Å². The van der Waals surface area contributed by atoms with E-state index < -0.39 is 0 Å². The van der Waals surface area contributed by atoms with Gasteiger partial charge in [0.15, 0.2) is 0 Å². The average Bonchev–Trinajstić information content (AvgIpc) is 2.76. The topological polar surface area (TPSA) is 40.6 Å². The number of nitrogens with zero attached hydrogens (tertiary/aromatic N) is 2. The third-order valence-corrected chi connectivity index (χ3v) is 7.88. The molecule has 0 fully saturated rings. The first kappa shape index (κ1) is 25.2. The number of anilines is 2. The summed E-state index contributed by atoms with van der Waals surface area (Å²) in [6.45, 7) is 16.7. The van der Waals surface area contributed by atoms with Crippen LogP contribution < -0.4 is 9.80 Å². The van der Waals surface area contributed by atoms with Gasteiger partial charge in [0.2, 0.25) is 11.8 Å². The van der Waals surface area contributed by atoms with Gasteiger partial charge >= 0.3 is 0 Å². The summed E-state index contributed by atoms with van der Waals surface area (Å²) in [5, 5.41) is 0. The van der Waals surface area contributed by atoms with Gasteiger partial charge in [-0.05, 0) is 82.4 Å². The smallest absolute Gasteiger partial charge is 0.227 e. The number of carbonyl (C=O) groups excluding carboxylic acids is 2. The lowest BCUT2D eigenvalue weighted by atomic mass is 9.64. The monoisotopic (exact) mass is 472 g/mol. The van der Waals surface area contributed by atoms with E-state index in [0.29, 0.717) is 6.42 Å². The van der Waals surface area contributed by atoms with Gasteiger partial charge in [0.1, 0.15) is 0 Å². The second-order valence-electron chi connectivity index (χ2n) is 11.7. The summed E-state index contributed by atoms with van der Waals surface area (Å²) >= 11 is 0. The largest absolute Gasteiger partial charge is 0.307 e. The molecule has 0 bridgehead atoms. The molecule has 0 unspecified atom stereocenters. The number of fused-ring (bicyclic) bond motifs is 2. The van der Waals surface area contributed by atoms with Crippen molar-refractivity contribution in [3.8, 4) is 0 Å². The maximum absolute atomic E-state index is 13.4. The van der Waals surface area contributed by atoms with Gasteiger partial charge in [-0.3, -0.25) is 9.59 Å². The van der Waals surface area contributed by atoms with Crippen molar-refractivity contribution in [3.63, 3.8) is 0 Å². The van der Waals surface area contributed by atoms with E-state index in [1.54, 1.807) is 6.92 Å². The Labute approximate surface area is 211 Å². The Bertz CT molecular complexity index is 1210. The van der Waals surface area contributed by atoms with Crippen molar-refractivity contribution in [2.45, 2.75) is 97.6 Å². The first-order valence-electron chi connectivity index (χ1n) is 12.9. The van der Waals surface area contributed by atoms with E-state index in [4.69, 9.17) is 0 Å². The normalized spacial score (nSPS) is 22.2. The SMILES string of the molecule is CCCCC(=O)N1c2ccccc2[C@](C)(c2ccc3c(c2)C(C)=CC(C)(C)N3C(C)=O)CC1(C)C. The molecule has 4 rings (SSSR count). The highest BCUT2D eigenvalue weighted by Crippen LogP contribution is 2.52. The lowest BCUT2D eigenvalue weighted by Crippen LogP contribution is -2.55. The highest BCUT2D eigenvalue weighted by Gasteiger charge is 2.48. The summed E-state index contributed by atoms with van der Waals surface area (Å²) in [6, 6.07) is 15.0. The van der Waals surface area contributed by atoms with Crippen molar-refractivity contribution in [2.75, 3.05) is 9.80 Å². The molecular formula is C31H40N2O2. The van der Waals surface area contributed by atoms with E-state index >= 15 is 0 Å². The van der Waals surface area contributed by atoms with Gasteiger partial charge in [0.05, 0.1) is 11.2 Å². The molecule has 2 aliphatic rings. The number of unbranched alkanes of at least 4 members (excludes halogenated alkanes) is 1. The molecule has 4 nitrogen and oxygen atoms in total. The second-order valence-corrected chi connectivity index (χ2v) is 11.7. The van der Waals surface area contributed by atoms with Gasteiger partial charge < -0.3 is 9.80 Å². The highest BCUT2D eigenvalue weighted by molar-refractivity contribution is 6.00. The second kappa shape index (κ2) is 8.65. The number of benzene rings is 2. The number of para-hydroxylation sites is 1. The molecule has 0 N–H and O–H groups in total. The fourth-order valence-corrected chi connectivity index (χ4v) is 6.62. The minimum Gasteiger partial charge on any atom is -0.307 e. The molecule has 2 aromatic carbocycles. The predicted octanol–water partition coefficient (Wildman–Crippen LogP) is 7.25. The number of hydrogen-bond acceptors (Lipinski definition) is 2. The first-order chi connectivity index (χ1) is 16.3. The number of rotatable bonds is 4. The molecule has 0 saturated heterocycles. The maximum atomic E-state index is 13.4. The fourth-order valence-electron chi connectivity index (χ4n) is 6.62. The Morgan fingerprint density at radius 1 is 0.943 bits per heavy atom. The van der Waals surface area contributed by atoms with E-state index in [9.17, 15) is 9.59 Å². The zero-order chi connectivity index (χ0) is 25.8. The van der Waals surface area contributed by atoms with Crippen LogP contribution in [0.4, 0.5) is 11.4 Å². The molecule has 0 aromatic heterocycles. The van der Waals surface area contributed by atoms with Crippen LogP contribution in [0.5, 0.6) is 0 Å². The van der Waals surface area contributed by atoms with E-state index in [2.05, 4.69) is 90.9 Å². The first-order valence-corrected chi connectivity index (χ1v) is 12.9. The Morgan fingerprint density at radius 3 is 2.29 bits per heavy atom. The summed E-state index contributed by atoms with van der Waals surface area (Å²) in [4.78, 5) is 29.9. The van der Waals surface area contributed by atoms with E-state index in [1.807, 2.05) is 15.9 Å². The summed E-state index contributed by atoms with van der Waals surface area (Å²) in [5.41, 5.74) is 5.71. The molecule has 2 aliphatic heterocycles. The third-order valence-electron chi connectivity index (χ3n) is 7.88.